The summed E-state index contributed by atoms with van der Waals surface area (Å²) < 4.78 is 0.766. The minimum absolute atomic E-state index is 0. The molecular formula is C11H10N2OS2. The van der Waals surface area contributed by atoms with Gasteiger partial charge < -0.3 is 4.98 Å². The first-order chi connectivity index (χ1) is 7.34. The summed E-state index contributed by atoms with van der Waals surface area (Å²) in [5.41, 5.74) is 0.953. The van der Waals surface area contributed by atoms with Crippen LogP contribution in [0, 0.1) is 0 Å². The van der Waals surface area contributed by atoms with Crippen LogP contribution in [0.2, 0.25) is 0 Å². The van der Waals surface area contributed by atoms with Crippen molar-refractivity contribution in [2.24, 2.45) is 0 Å². The van der Waals surface area contributed by atoms with Crippen LogP contribution in [0.5, 0.6) is 0 Å². The standard InChI is InChI=1S/C10H6N2OS2.CH4/c13-7-1-2-11-6-5-8(15-9(6)7)10-12-3-4-14-10;/h1-5H,(H,11,13);1H4. The molecule has 0 aromatic carbocycles. The van der Waals surface area contributed by atoms with Crippen LogP contribution in [0.25, 0.3) is 20.1 Å². The van der Waals surface area contributed by atoms with E-state index in [1.165, 1.54) is 11.3 Å². The quantitative estimate of drug-likeness (QED) is 0.720. The van der Waals surface area contributed by atoms with E-state index < -0.39 is 0 Å². The molecule has 0 aliphatic rings. The van der Waals surface area contributed by atoms with Gasteiger partial charge in [0.05, 0.1) is 15.1 Å². The summed E-state index contributed by atoms with van der Waals surface area (Å²) in [4.78, 5) is 19.9. The molecule has 3 heterocycles. The number of rotatable bonds is 1. The average Bonchev–Trinajstić information content (AvgIpc) is 2.86. The van der Waals surface area contributed by atoms with Crippen molar-refractivity contribution in [1.82, 2.24) is 9.97 Å². The average molecular weight is 250 g/mol. The van der Waals surface area contributed by atoms with Gasteiger partial charge in [0.15, 0.2) is 5.43 Å². The van der Waals surface area contributed by atoms with Crippen molar-refractivity contribution in [2.75, 3.05) is 0 Å². The molecule has 0 radical (unpaired) electrons. The van der Waals surface area contributed by atoms with E-state index in [-0.39, 0.29) is 12.9 Å². The van der Waals surface area contributed by atoms with Crippen molar-refractivity contribution in [3.63, 3.8) is 0 Å². The number of H-pyrrole nitrogens is 1. The molecular weight excluding hydrogens is 240 g/mol. The lowest BCUT2D eigenvalue weighted by Gasteiger charge is -1.83. The van der Waals surface area contributed by atoms with Crippen LogP contribution in [0.3, 0.4) is 0 Å². The van der Waals surface area contributed by atoms with Gasteiger partial charge in [0.2, 0.25) is 0 Å². The Hall–Kier alpha value is -1.46. The molecule has 0 aliphatic heterocycles. The summed E-state index contributed by atoms with van der Waals surface area (Å²) >= 11 is 3.07. The number of aromatic amines is 1. The van der Waals surface area contributed by atoms with E-state index in [2.05, 4.69) is 9.97 Å². The number of nitrogens with one attached hydrogen (secondary N) is 1. The second-order valence-electron chi connectivity index (χ2n) is 3.03. The molecule has 0 unspecified atom stereocenters. The van der Waals surface area contributed by atoms with E-state index in [0.717, 1.165) is 20.1 Å². The molecule has 5 heteroatoms. The summed E-state index contributed by atoms with van der Waals surface area (Å²) in [5.74, 6) is 0. The lowest BCUT2D eigenvalue weighted by molar-refractivity contribution is 1.40. The number of hydrogen-bond acceptors (Lipinski definition) is 4. The van der Waals surface area contributed by atoms with Gasteiger partial charge in [0, 0.05) is 23.8 Å². The molecule has 3 rings (SSSR count). The zero-order chi connectivity index (χ0) is 10.3. The first kappa shape index (κ1) is 11.0. The Morgan fingerprint density at radius 1 is 1.38 bits per heavy atom. The smallest absolute Gasteiger partial charge is 0.199 e. The molecule has 82 valence electrons. The number of thiazole rings is 1. The van der Waals surface area contributed by atoms with Crippen molar-refractivity contribution >= 4 is 32.9 Å². The monoisotopic (exact) mass is 250 g/mol. The minimum atomic E-state index is 0. The lowest BCUT2D eigenvalue weighted by atomic mass is 10.4. The predicted octanol–water partition coefficient (Wildman–Crippen LogP) is 3.35. The predicted molar refractivity (Wildman–Crippen MR) is 70.3 cm³/mol. The van der Waals surface area contributed by atoms with Crippen LogP contribution in [0.1, 0.15) is 7.43 Å². The number of thiophene rings is 1. The van der Waals surface area contributed by atoms with Gasteiger partial charge in [-0.3, -0.25) is 4.79 Å². The summed E-state index contributed by atoms with van der Waals surface area (Å²) in [6.45, 7) is 0. The second kappa shape index (κ2) is 4.19. The molecule has 3 aromatic rings. The Kier molecular flexibility index (Phi) is 2.89. The van der Waals surface area contributed by atoms with Crippen LogP contribution in [0.15, 0.2) is 34.7 Å². The molecule has 0 spiro atoms. The van der Waals surface area contributed by atoms with E-state index in [4.69, 9.17) is 0 Å². The highest BCUT2D eigenvalue weighted by molar-refractivity contribution is 7.25. The third-order valence-corrected chi connectivity index (χ3v) is 4.16. The van der Waals surface area contributed by atoms with Gasteiger partial charge in [-0.05, 0) is 6.07 Å². The van der Waals surface area contributed by atoms with E-state index in [1.54, 1.807) is 29.8 Å². The third-order valence-electron chi connectivity index (χ3n) is 2.07. The molecule has 1 N–H and O–H groups in total. The van der Waals surface area contributed by atoms with Crippen molar-refractivity contribution < 1.29 is 0 Å². The number of nitrogens with zero attached hydrogens (tertiary/aromatic N) is 1. The van der Waals surface area contributed by atoms with Crippen molar-refractivity contribution in [2.45, 2.75) is 7.43 Å². The van der Waals surface area contributed by atoms with Crippen LogP contribution >= 0.6 is 22.7 Å². The van der Waals surface area contributed by atoms with Gasteiger partial charge in [0.1, 0.15) is 5.01 Å². The number of fused-ring (bicyclic) bond motifs is 1. The maximum Gasteiger partial charge on any atom is 0.199 e. The van der Waals surface area contributed by atoms with E-state index >= 15 is 0 Å². The third kappa shape index (κ3) is 1.68. The highest BCUT2D eigenvalue weighted by Crippen LogP contribution is 2.31. The Balaban J connectivity index is 0.000000963. The zero-order valence-corrected chi connectivity index (χ0v) is 9.19. The number of pyridine rings is 1. The zero-order valence-electron chi connectivity index (χ0n) is 7.56. The molecule has 0 saturated heterocycles. The summed E-state index contributed by atoms with van der Waals surface area (Å²) in [6.07, 6.45) is 3.44. The van der Waals surface area contributed by atoms with Crippen molar-refractivity contribution in [3.05, 3.63) is 40.1 Å². The molecule has 0 amide bonds. The van der Waals surface area contributed by atoms with Gasteiger partial charge in [-0.1, -0.05) is 7.43 Å². The molecule has 0 aliphatic carbocycles. The fraction of sp³-hybridized carbons (Fsp3) is 0.0909. The lowest BCUT2D eigenvalue weighted by Crippen LogP contribution is -1.95. The van der Waals surface area contributed by atoms with Gasteiger partial charge in [-0.25, -0.2) is 4.98 Å². The van der Waals surface area contributed by atoms with Gasteiger partial charge in [-0.15, -0.1) is 22.7 Å². The number of hydrogen-bond donors (Lipinski definition) is 1. The van der Waals surface area contributed by atoms with Gasteiger partial charge in [-0.2, -0.15) is 0 Å². The SMILES string of the molecule is C.O=c1cc[nH]c2cc(-c3nccs3)sc12. The molecule has 16 heavy (non-hydrogen) atoms. The maximum atomic E-state index is 11.5. The first-order valence-electron chi connectivity index (χ1n) is 4.36. The van der Waals surface area contributed by atoms with Crippen LogP contribution < -0.4 is 5.43 Å². The van der Waals surface area contributed by atoms with Crippen molar-refractivity contribution in [1.29, 1.82) is 0 Å². The molecule has 0 atom stereocenters. The Morgan fingerprint density at radius 3 is 2.94 bits per heavy atom. The highest BCUT2D eigenvalue weighted by atomic mass is 32.1. The normalized spacial score (nSPS) is 10.2. The molecule has 0 fully saturated rings. The fourth-order valence-electron chi connectivity index (χ4n) is 1.41. The van der Waals surface area contributed by atoms with E-state index in [1.807, 2.05) is 11.4 Å². The van der Waals surface area contributed by atoms with Crippen LogP contribution in [-0.2, 0) is 0 Å². The molecule has 3 aromatic heterocycles. The van der Waals surface area contributed by atoms with E-state index in [0.29, 0.717) is 0 Å². The maximum absolute atomic E-state index is 11.5. The number of aromatic nitrogens is 2. The highest BCUT2D eigenvalue weighted by Gasteiger charge is 2.07. The molecule has 0 bridgehead atoms. The molecule has 3 nitrogen and oxygen atoms in total. The Labute approximate surface area is 100 Å². The van der Waals surface area contributed by atoms with E-state index in [9.17, 15) is 4.79 Å². The summed E-state index contributed by atoms with van der Waals surface area (Å²) in [7, 11) is 0. The van der Waals surface area contributed by atoms with Crippen molar-refractivity contribution in [3.8, 4) is 9.88 Å². The second-order valence-corrected chi connectivity index (χ2v) is 4.98. The Morgan fingerprint density at radius 2 is 2.25 bits per heavy atom. The van der Waals surface area contributed by atoms with Crippen LogP contribution in [0.4, 0.5) is 0 Å². The van der Waals surface area contributed by atoms with Gasteiger partial charge >= 0.3 is 0 Å². The van der Waals surface area contributed by atoms with Crippen LogP contribution in [-0.4, -0.2) is 9.97 Å². The summed E-state index contributed by atoms with van der Waals surface area (Å²) in [6, 6.07) is 3.52. The fourth-order valence-corrected chi connectivity index (χ4v) is 3.16. The first-order valence-corrected chi connectivity index (χ1v) is 6.05. The van der Waals surface area contributed by atoms with Gasteiger partial charge in [0.25, 0.3) is 0 Å². The summed E-state index contributed by atoms with van der Waals surface area (Å²) in [5, 5.41) is 2.89. The Bertz CT molecular complexity index is 652. The minimum Gasteiger partial charge on any atom is -0.360 e. The topological polar surface area (TPSA) is 45.8 Å². The largest absolute Gasteiger partial charge is 0.360 e. The molecule has 0 saturated carbocycles.